The maximum absolute atomic E-state index is 14.4. The van der Waals surface area contributed by atoms with Gasteiger partial charge in [-0.2, -0.15) is 23.4 Å². The van der Waals surface area contributed by atoms with Crippen molar-refractivity contribution in [3.05, 3.63) is 130 Å². The van der Waals surface area contributed by atoms with Crippen LogP contribution in [0.4, 0.5) is 13.2 Å². The van der Waals surface area contributed by atoms with Crippen LogP contribution in [0.3, 0.4) is 0 Å². The van der Waals surface area contributed by atoms with Crippen LogP contribution < -0.4 is 0 Å². The number of carbonyl (C=O) groups excluding carboxylic acids is 1. The molecule has 0 fully saturated rings. The molecule has 9 rings (SSSR count). The number of halogens is 3. The minimum Gasteiger partial charge on any atom is -0.512 e. The van der Waals surface area contributed by atoms with Crippen molar-refractivity contribution in [3.8, 4) is 22.4 Å². The first kappa shape index (κ1) is 44.6. The first-order valence-corrected chi connectivity index (χ1v) is 19.7. The van der Waals surface area contributed by atoms with E-state index in [0.29, 0.717) is 23.2 Å². The number of aryl methyl sites for hydroxylation is 4. The van der Waals surface area contributed by atoms with Crippen molar-refractivity contribution in [2.75, 3.05) is 0 Å². The zero-order chi connectivity index (χ0) is 39.9. The number of hydrogen-bond acceptors (Lipinski definition) is 4. The number of nitrogens with zero attached hydrogens (tertiary/aromatic N) is 2. The van der Waals surface area contributed by atoms with Crippen LogP contribution in [-0.4, -0.2) is 21.1 Å². The summed E-state index contributed by atoms with van der Waals surface area (Å²) in [7, 11) is 0. The van der Waals surface area contributed by atoms with E-state index < -0.39 is 11.9 Å². The molecular formula is C48H54F3IrN2O2-. The number of allylic oxidation sites excluding steroid dienone is 2. The number of aliphatic hydroxyl groups excluding tert-OH is 1. The van der Waals surface area contributed by atoms with Crippen molar-refractivity contribution >= 4 is 16.6 Å². The number of alkyl halides is 3. The van der Waals surface area contributed by atoms with Gasteiger partial charge >= 0.3 is 6.18 Å². The molecule has 1 heterocycles. The fourth-order valence-corrected chi connectivity index (χ4v) is 7.39. The minimum atomic E-state index is -4.64. The molecule has 1 radical (unpaired) electrons. The summed E-state index contributed by atoms with van der Waals surface area (Å²) in [5.74, 6) is 0.547. The largest absolute Gasteiger partial charge is 0.512 e. The van der Waals surface area contributed by atoms with Gasteiger partial charge in [0.2, 0.25) is 0 Å². The molecule has 4 aliphatic rings. The van der Waals surface area contributed by atoms with E-state index in [0.717, 1.165) is 72.4 Å². The molecule has 56 heavy (non-hydrogen) atoms. The molecule has 1 aromatic heterocycles. The van der Waals surface area contributed by atoms with Gasteiger partial charge in [0.05, 0.1) is 5.76 Å². The predicted octanol–water partition coefficient (Wildman–Crippen LogP) is 12.8. The molecular weight excluding hydrogens is 886 g/mol. The fraction of sp³-hybridized carbons (Fsp3) is 0.396. The van der Waals surface area contributed by atoms with Crippen molar-refractivity contribution in [1.82, 2.24) is 10.2 Å². The Balaban J connectivity index is 0.000000372. The van der Waals surface area contributed by atoms with Crippen molar-refractivity contribution in [3.63, 3.8) is 0 Å². The molecule has 4 aliphatic carbocycles. The topological polar surface area (TPSA) is 63.1 Å². The van der Waals surface area contributed by atoms with Crippen LogP contribution in [-0.2, 0) is 62.2 Å². The Kier molecular flexibility index (Phi) is 15.4. The van der Waals surface area contributed by atoms with Gasteiger partial charge in [0.1, 0.15) is 0 Å². The SMILES string of the molecule is CC(C)(C)c1cc(-c2cc(-c3cc4ccc3CCc3ccc(cc3)CC4)c(C(F)(F)F)nn2)[c-]c2ccccc12.CCC(CC)C(=O)/C=C(\O)C(CC)CC.[Ir]. The van der Waals surface area contributed by atoms with E-state index in [1.165, 1.54) is 17.2 Å². The van der Waals surface area contributed by atoms with Crippen molar-refractivity contribution in [2.45, 2.75) is 111 Å². The van der Waals surface area contributed by atoms with Gasteiger partial charge in [-0.3, -0.25) is 4.79 Å². The number of carbonyl (C=O) groups is 1. The molecule has 5 aromatic rings. The molecule has 0 saturated heterocycles. The van der Waals surface area contributed by atoms with Crippen LogP contribution >= 0.6 is 0 Å². The first-order valence-electron chi connectivity index (χ1n) is 19.7. The average Bonchev–Trinajstić information content (AvgIpc) is 3.15. The maximum atomic E-state index is 14.4. The Morgan fingerprint density at radius 2 is 1.32 bits per heavy atom. The number of hydrogen-bond donors (Lipinski definition) is 1. The molecule has 0 spiro atoms. The van der Waals surface area contributed by atoms with E-state index in [4.69, 9.17) is 0 Å². The predicted molar refractivity (Wildman–Crippen MR) is 218 cm³/mol. The van der Waals surface area contributed by atoms with Gasteiger partial charge < -0.3 is 5.11 Å². The number of rotatable bonds is 9. The summed E-state index contributed by atoms with van der Waals surface area (Å²) >= 11 is 0. The normalized spacial score (nSPS) is 13.2. The van der Waals surface area contributed by atoms with Gasteiger partial charge in [0, 0.05) is 49.3 Å². The van der Waals surface area contributed by atoms with Crippen LogP contribution in [0, 0.1) is 17.9 Å². The summed E-state index contributed by atoms with van der Waals surface area (Å²) < 4.78 is 43.1. The van der Waals surface area contributed by atoms with E-state index in [2.05, 4.69) is 67.4 Å². The van der Waals surface area contributed by atoms with E-state index >= 15 is 0 Å². The third kappa shape index (κ3) is 10.8. The Morgan fingerprint density at radius 3 is 1.91 bits per heavy atom. The summed E-state index contributed by atoms with van der Waals surface area (Å²) in [5, 5.41) is 19.7. The minimum absolute atomic E-state index is 0. The maximum Gasteiger partial charge on any atom is 0.435 e. The van der Waals surface area contributed by atoms with Gasteiger partial charge in [-0.15, -0.1) is 29.1 Å². The quantitative estimate of drug-likeness (QED) is 0.0909. The number of aromatic nitrogens is 2. The zero-order valence-corrected chi connectivity index (χ0v) is 36.0. The zero-order valence-electron chi connectivity index (χ0n) is 33.6. The third-order valence-corrected chi connectivity index (χ3v) is 10.9. The number of ketones is 1. The van der Waals surface area contributed by atoms with Gasteiger partial charge in [-0.1, -0.05) is 126 Å². The number of fused-ring (bicyclic) bond motifs is 1. The van der Waals surface area contributed by atoms with E-state index in [9.17, 15) is 23.1 Å². The standard InChI is InChI=1S/C35H30F3N2.C13H24O2.Ir/c1-34(2,3)31-20-27(19-26-6-4-5-7-28(26)31)32-21-30(33(40-39-32)35(36,37)38)29-18-24-13-12-22-8-10-23(11-9-22)14-16-25(29)17-15-24;1-5-10(6-2)12(14)9-13(15)11(7-3)8-4;/h4-11,15,17-18,20-21H,12-14,16H2,1-3H3;9-11,14H,5-8H2,1-4H3;/q-1;;/b;12-9-;. The second-order valence-electron chi connectivity index (χ2n) is 15.7. The molecule has 0 amide bonds. The molecule has 4 aromatic carbocycles. The first-order chi connectivity index (χ1) is 26.2. The van der Waals surface area contributed by atoms with Gasteiger partial charge in [0.25, 0.3) is 0 Å². The number of aliphatic hydroxyl groups is 1. The second kappa shape index (κ2) is 19.3. The Bertz CT molecular complexity index is 2130. The Morgan fingerprint density at radius 1 is 0.750 bits per heavy atom. The molecule has 0 unspecified atom stereocenters. The molecule has 0 atom stereocenters. The molecule has 1 N–H and O–H groups in total. The number of benzene rings is 4. The smallest absolute Gasteiger partial charge is 0.435 e. The third-order valence-electron chi connectivity index (χ3n) is 10.9. The Labute approximate surface area is 344 Å². The molecule has 0 aliphatic heterocycles. The van der Waals surface area contributed by atoms with Crippen LogP contribution in [0.5, 0.6) is 0 Å². The van der Waals surface area contributed by atoms with Gasteiger partial charge in [-0.05, 0) is 84.6 Å². The summed E-state index contributed by atoms with van der Waals surface area (Å²) in [6, 6.07) is 29.4. The summed E-state index contributed by atoms with van der Waals surface area (Å²) in [6.45, 7) is 14.5. The summed E-state index contributed by atoms with van der Waals surface area (Å²) in [5.41, 5.74) is 5.87. The Hall–Kier alpha value is -4.13. The van der Waals surface area contributed by atoms with Crippen molar-refractivity contribution in [1.29, 1.82) is 0 Å². The molecule has 4 nitrogen and oxygen atoms in total. The van der Waals surface area contributed by atoms with Crippen LogP contribution in [0.15, 0.2) is 90.7 Å². The average molecular weight is 940 g/mol. The van der Waals surface area contributed by atoms with E-state index in [-0.39, 0.29) is 54.5 Å². The van der Waals surface area contributed by atoms with Gasteiger partial charge in [-0.25, -0.2) is 0 Å². The molecule has 0 saturated carbocycles. The van der Waals surface area contributed by atoms with Crippen LogP contribution in [0.25, 0.3) is 33.2 Å². The summed E-state index contributed by atoms with van der Waals surface area (Å²) in [6.07, 6.45) is 3.20. The van der Waals surface area contributed by atoms with E-state index in [1.54, 1.807) is 6.07 Å². The van der Waals surface area contributed by atoms with Crippen molar-refractivity contribution < 1.29 is 43.2 Å². The molecule has 8 heteroatoms. The van der Waals surface area contributed by atoms with E-state index in [1.807, 2.05) is 70.2 Å². The van der Waals surface area contributed by atoms with Crippen molar-refractivity contribution in [2.24, 2.45) is 11.8 Å². The fourth-order valence-electron chi connectivity index (χ4n) is 7.39. The molecule has 4 bridgehead atoms. The monoisotopic (exact) mass is 940 g/mol. The summed E-state index contributed by atoms with van der Waals surface area (Å²) in [4.78, 5) is 11.7. The van der Waals surface area contributed by atoms with Crippen LogP contribution in [0.2, 0.25) is 0 Å². The van der Waals surface area contributed by atoms with Crippen LogP contribution in [0.1, 0.15) is 108 Å². The second-order valence-corrected chi connectivity index (χ2v) is 15.7. The molecule has 299 valence electrons. The van der Waals surface area contributed by atoms with Gasteiger partial charge in [0.15, 0.2) is 11.5 Å².